The van der Waals surface area contributed by atoms with Crippen LogP contribution in [0.4, 0.5) is 5.69 Å². The minimum absolute atomic E-state index is 0.193. The van der Waals surface area contributed by atoms with Crippen LogP contribution in [0.25, 0.3) is 16.7 Å². The normalized spacial score (nSPS) is 12.1. The molecule has 4 aromatic rings. The highest BCUT2D eigenvalue weighted by Crippen LogP contribution is 2.30. The molecule has 1 atom stereocenters. The van der Waals surface area contributed by atoms with Gasteiger partial charge in [-0.3, -0.25) is 4.79 Å². The SMILES string of the molecule is C[C@@H](Sc1ncnc2c1cnn2-c1ccccc1)C(=O)Nc1ccc(Cl)cc1Cl. The molecular weight excluding hydrogens is 429 g/mol. The first-order valence-corrected chi connectivity index (χ1v) is 10.3. The number of nitrogens with one attached hydrogen (secondary N) is 1. The molecule has 1 amide bonds. The number of thioether (sulfide) groups is 1. The number of carbonyl (C=O) groups excluding carboxylic acids is 1. The van der Waals surface area contributed by atoms with E-state index in [1.165, 1.54) is 18.1 Å². The summed E-state index contributed by atoms with van der Waals surface area (Å²) >= 11 is 13.4. The molecule has 2 aromatic heterocycles. The van der Waals surface area contributed by atoms with Crippen molar-refractivity contribution in [3.8, 4) is 5.69 Å². The van der Waals surface area contributed by atoms with Gasteiger partial charge in [0.05, 0.1) is 33.2 Å². The fraction of sp³-hybridized carbons (Fsp3) is 0.100. The molecule has 1 N–H and O–H groups in total. The molecule has 0 bridgehead atoms. The first kappa shape index (κ1) is 19.7. The van der Waals surface area contributed by atoms with Crippen molar-refractivity contribution in [3.63, 3.8) is 0 Å². The van der Waals surface area contributed by atoms with Crippen molar-refractivity contribution in [1.82, 2.24) is 19.7 Å². The van der Waals surface area contributed by atoms with E-state index in [0.29, 0.717) is 26.4 Å². The first-order chi connectivity index (χ1) is 14.0. The molecule has 0 fully saturated rings. The predicted molar refractivity (Wildman–Crippen MR) is 117 cm³/mol. The summed E-state index contributed by atoms with van der Waals surface area (Å²) in [6.45, 7) is 1.80. The molecule has 0 saturated carbocycles. The van der Waals surface area contributed by atoms with Crippen molar-refractivity contribution in [2.45, 2.75) is 17.2 Å². The van der Waals surface area contributed by atoms with Crippen LogP contribution in [0.1, 0.15) is 6.92 Å². The van der Waals surface area contributed by atoms with Gasteiger partial charge < -0.3 is 5.32 Å². The average molecular weight is 444 g/mol. The predicted octanol–water partition coefficient (Wildman–Crippen LogP) is 5.24. The number of aromatic nitrogens is 4. The van der Waals surface area contributed by atoms with Gasteiger partial charge in [0.1, 0.15) is 11.4 Å². The number of halogens is 2. The van der Waals surface area contributed by atoms with Crippen molar-refractivity contribution in [2.75, 3.05) is 5.32 Å². The van der Waals surface area contributed by atoms with E-state index in [2.05, 4.69) is 20.4 Å². The van der Waals surface area contributed by atoms with Crippen LogP contribution in [0.15, 0.2) is 66.1 Å². The fourth-order valence-corrected chi connectivity index (χ4v) is 4.06. The highest BCUT2D eigenvalue weighted by Gasteiger charge is 2.19. The van der Waals surface area contributed by atoms with Gasteiger partial charge in [0.25, 0.3) is 0 Å². The average Bonchev–Trinajstić information content (AvgIpc) is 3.16. The first-order valence-electron chi connectivity index (χ1n) is 8.69. The summed E-state index contributed by atoms with van der Waals surface area (Å²) in [6.07, 6.45) is 3.19. The largest absolute Gasteiger partial charge is 0.324 e. The zero-order chi connectivity index (χ0) is 20.4. The Morgan fingerprint density at radius 3 is 2.69 bits per heavy atom. The number of amides is 1. The number of para-hydroxylation sites is 1. The minimum atomic E-state index is -0.417. The van der Waals surface area contributed by atoms with Gasteiger partial charge in [0, 0.05) is 5.02 Å². The summed E-state index contributed by atoms with van der Waals surface area (Å²) in [4.78, 5) is 21.3. The monoisotopic (exact) mass is 443 g/mol. The third-order valence-electron chi connectivity index (χ3n) is 4.18. The van der Waals surface area contributed by atoms with Crippen molar-refractivity contribution in [1.29, 1.82) is 0 Å². The van der Waals surface area contributed by atoms with E-state index in [1.54, 1.807) is 36.0 Å². The summed E-state index contributed by atoms with van der Waals surface area (Å²) in [5, 5.41) is 9.20. The molecule has 0 aliphatic rings. The van der Waals surface area contributed by atoms with E-state index in [1.807, 2.05) is 30.3 Å². The summed E-state index contributed by atoms with van der Waals surface area (Å²) in [7, 11) is 0. The van der Waals surface area contributed by atoms with Crippen molar-refractivity contribution < 1.29 is 4.79 Å². The Morgan fingerprint density at radius 2 is 1.93 bits per heavy atom. The molecule has 29 heavy (non-hydrogen) atoms. The summed E-state index contributed by atoms with van der Waals surface area (Å²) in [5.74, 6) is -0.193. The molecule has 0 aliphatic heterocycles. The number of hydrogen-bond donors (Lipinski definition) is 1. The molecule has 146 valence electrons. The molecule has 0 unspecified atom stereocenters. The highest BCUT2D eigenvalue weighted by atomic mass is 35.5. The maximum Gasteiger partial charge on any atom is 0.237 e. The lowest BCUT2D eigenvalue weighted by Gasteiger charge is -2.13. The molecule has 2 aromatic carbocycles. The third-order valence-corrected chi connectivity index (χ3v) is 5.84. The second-order valence-electron chi connectivity index (χ2n) is 6.18. The molecule has 0 spiro atoms. The van der Waals surface area contributed by atoms with Crippen LogP contribution >= 0.6 is 35.0 Å². The van der Waals surface area contributed by atoms with Gasteiger partial charge in [-0.1, -0.05) is 53.2 Å². The molecule has 0 radical (unpaired) electrons. The van der Waals surface area contributed by atoms with Crippen LogP contribution < -0.4 is 5.32 Å². The Morgan fingerprint density at radius 1 is 1.14 bits per heavy atom. The molecular formula is C20H15Cl2N5OS. The van der Waals surface area contributed by atoms with Crippen LogP contribution in [0.5, 0.6) is 0 Å². The number of hydrogen-bond acceptors (Lipinski definition) is 5. The van der Waals surface area contributed by atoms with Gasteiger partial charge in [-0.25, -0.2) is 14.6 Å². The van der Waals surface area contributed by atoms with Crippen molar-refractivity contribution >= 4 is 57.6 Å². The summed E-state index contributed by atoms with van der Waals surface area (Å²) < 4.78 is 1.75. The van der Waals surface area contributed by atoms with Gasteiger partial charge in [-0.15, -0.1) is 0 Å². The van der Waals surface area contributed by atoms with Crippen molar-refractivity contribution in [2.24, 2.45) is 0 Å². The fourth-order valence-electron chi connectivity index (χ4n) is 2.72. The lowest BCUT2D eigenvalue weighted by Crippen LogP contribution is -2.22. The highest BCUT2D eigenvalue weighted by molar-refractivity contribution is 8.00. The van der Waals surface area contributed by atoms with Crippen LogP contribution in [0, 0.1) is 0 Å². The van der Waals surface area contributed by atoms with Gasteiger partial charge in [-0.05, 0) is 37.3 Å². The van der Waals surface area contributed by atoms with E-state index in [0.717, 1.165) is 11.1 Å². The third kappa shape index (κ3) is 4.22. The minimum Gasteiger partial charge on any atom is -0.324 e. The molecule has 9 heteroatoms. The quantitative estimate of drug-likeness (QED) is 0.337. The Bertz CT molecular complexity index is 1180. The van der Waals surface area contributed by atoms with E-state index in [9.17, 15) is 4.79 Å². The molecule has 6 nitrogen and oxygen atoms in total. The van der Waals surface area contributed by atoms with Crippen LogP contribution in [0.3, 0.4) is 0 Å². The Balaban J connectivity index is 1.56. The topological polar surface area (TPSA) is 72.7 Å². The Hall–Kier alpha value is -2.61. The lowest BCUT2D eigenvalue weighted by atomic mass is 10.3. The molecule has 4 rings (SSSR count). The van der Waals surface area contributed by atoms with Gasteiger partial charge in [0.15, 0.2) is 5.65 Å². The molecule has 0 saturated heterocycles. The van der Waals surface area contributed by atoms with E-state index < -0.39 is 5.25 Å². The zero-order valence-electron chi connectivity index (χ0n) is 15.2. The van der Waals surface area contributed by atoms with Crippen LogP contribution in [-0.4, -0.2) is 30.9 Å². The van der Waals surface area contributed by atoms with Crippen molar-refractivity contribution in [3.05, 3.63) is 71.1 Å². The van der Waals surface area contributed by atoms with Gasteiger partial charge in [0.2, 0.25) is 5.91 Å². The Kier molecular flexibility index (Phi) is 5.71. The Labute approximate surface area is 181 Å². The standard InChI is InChI=1S/C20H15Cl2N5OS/c1-12(19(28)26-17-8-7-13(21)9-16(17)22)29-20-15-10-25-27(18(15)23-11-24-20)14-5-3-2-4-6-14/h2-12H,1H3,(H,26,28)/t12-/m1/s1. The summed E-state index contributed by atoms with van der Waals surface area (Å²) in [6, 6.07) is 14.7. The van der Waals surface area contributed by atoms with Crippen LogP contribution in [0.2, 0.25) is 10.0 Å². The molecule has 2 heterocycles. The smallest absolute Gasteiger partial charge is 0.237 e. The number of rotatable bonds is 5. The summed E-state index contributed by atoms with van der Waals surface area (Å²) in [5.41, 5.74) is 2.10. The number of fused-ring (bicyclic) bond motifs is 1. The number of nitrogens with zero attached hydrogens (tertiary/aromatic N) is 4. The second-order valence-corrected chi connectivity index (χ2v) is 8.35. The van der Waals surface area contributed by atoms with Crippen LogP contribution in [-0.2, 0) is 4.79 Å². The number of benzene rings is 2. The lowest BCUT2D eigenvalue weighted by molar-refractivity contribution is -0.115. The molecule has 0 aliphatic carbocycles. The van der Waals surface area contributed by atoms with Gasteiger partial charge in [-0.2, -0.15) is 5.10 Å². The van der Waals surface area contributed by atoms with E-state index >= 15 is 0 Å². The maximum absolute atomic E-state index is 12.6. The number of anilines is 1. The number of carbonyl (C=O) groups is 1. The maximum atomic E-state index is 12.6. The second kappa shape index (κ2) is 8.41. The van der Waals surface area contributed by atoms with E-state index in [-0.39, 0.29) is 5.91 Å². The van der Waals surface area contributed by atoms with Gasteiger partial charge >= 0.3 is 0 Å². The van der Waals surface area contributed by atoms with E-state index in [4.69, 9.17) is 23.2 Å². The zero-order valence-corrected chi connectivity index (χ0v) is 17.5.